The SMILES string of the molecule is C[C@H]1CCCC[C@@H]1NC(=O)CSc1nnnn1-c1cccc(F)c1. The van der Waals surface area contributed by atoms with E-state index in [4.69, 9.17) is 0 Å². The number of benzene rings is 1. The Bertz CT molecular complexity index is 707. The first-order chi connectivity index (χ1) is 11.6. The Morgan fingerprint density at radius 2 is 2.25 bits per heavy atom. The number of amides is 1. The van der Waals surface area contributed by atoms with Gasteiger partial charge in [-0.2, -0.15) is 4.68 Å². The molecule has 1 saturated carbocycles. The molecule has 1 fully saturated rings. The second-order valence-corrected chi connectivity index (χ2v) is 7.02. The predicted octanol–water partition coefficient (Wildman–Crippen LogP) is 2.59. The van der Waals surface area contributed by atoms with Crippen molar-refractivity contribution >= 4 is 17.7 Å². The minimum absolute atomic E-state index is 0.0208. The van der Waals surface area contributed by atoms with Gasteiger partial charge in [0, 0.05) is 6.04 Å². The fraction of sp³-hybridized carbons (Fsp3) is 0.500. The fourth-order valence-electron chi connectivity index (χ4n) is 2.95. The molecule has 6 nitrogen and oxygen atoms in total. The molecule has 0 unspecified atom stereocenters. The van der Waals surface area contributed by atoms with Gasteiger partial charge in [-0.05, 0) is 47.4 Å². The number of tetrazole rings is 1. The van der Waals surface area contributed by atoms with Gasteiger partial charge in [-0.15, -0.1) is 5.10 Å². The third-order valence-corrected chi connectivity index (χ3v) is 5.20. The zero-order chi connectivity index (χ0) is 16.9. The zero-order valence-corrected chi connectivity index (χ0v) is 14.3. The maximum absolute atomic E-state index is 13.3. The molecule has 3 rings (SSSR count). The van der Waals surface area contributed by atoms with Gasteiger partial charge in [0.1, 0.15) is 5.82 Å². The highest BCUT2D eigenvalue weighted by atomic mass is 32.2. The molecule has 1 heterocycles. The smallest absolute Gasteiger partial charge is 0.230 e. The lowest BCUT2D eigenvalue weighted by Gasteiger charge is -2.29. The molecule has 1 aromatic carbocycles. The summed E-state index contributed by atoms with van der Waals surface area (Å²) in [6.45, 7) is 2.18. The monoisotopic (exact) mass is 349 g/mol. The van der Waals surface area contributed by atoms with Crippen LogP contribution in [0.1, 0.15) is 32.6 Å². The first kappa shape index (κ1) is 16.9. The summed E-state index contributed by atoms with van der Waals surface area (Å²) in [6, 6.07) is 6.28. The number of carbonyl (C=O) groups is 1. The molecule has 0 bridgehead atoms. The number of carbonyl (C=O) groups excluding carboxylic acids is 1. The molecular formula is C16H20FN5OS. The Morgan fingerprint density at radius 3 is 3.04 bits per heavy atom. The van der Waals surface area contributed by atoms with E-state index < -0.39 is 0 Å². The molecule has 1 aliphatic rings. The molecule has 24 heavy (non-hydrogen) atoms. The summed E-state index contributed by atoms with van der Waals surface area (Å²) in [7, 11) is 0. The molecular weight excluding hydrogens is 329 g/mol. The molecule has 0 spiro atoms. The van der Waals surface area contributed by atoms with Gasteiger partial charge in [-0.3, -0.25) is 4.79 Å². The summed E-state index contributed by atoms with van der Waals surface area (Å²) in [5.41, 5.74) is 0.531. The van der Waals surface area contributed by atoms with E-state index >= 15 is 0 Å². The topological polar surface area (TPSA) is 72.7 Å². The van der Waals surface area contributed by atoms with E-state index in [0.29, 0.717) is 16.8 Å². The van der Waals surface area contributed by atoms with E-state index in [2.05, 4.69) is 27.8 Å². The van der Waals surface area contributed by atoms with Crippen LogP contribution in [-0.2, 0) is 4.79 Å². The minimum Gasteiger partial charge on any atom is -0.352 e. The van der Waals surface area contributed by atoms with Crippen LogP contribution in [0.4, 0.5) is 4.39 Å². The van der Waals surface area contributed by atoms with Crippen LogP contribution in [0.5, 0.6) is 0 Å². The number of halogens is 1. The normalized spacial score (nSPS) is 20.8. The fourth-order valence-corrected chi connectivity index (χ4v) is 3.65. The molecule has 1 aliphatic carbocycles. The maximum atomic E-state index is 13.3. The van der Waals surface area contributed by atoms with E-state index in [-0.39, 0.29) is 23.5 Å². The van der Waals surface area contributed by atoms with Gasteiger partial charge in [0.25, 0.3) is 0 Å². The molecule has 1 aromatic heterocycles. The van der Waals surface area contributed by atoms with E-state index in [1.54, 1.807) is 12.1 Å². The third kappa shape index (κ3) is 4.11. The Hall–Kier alpha value is -1.96. The molecule has 0 radical (unpaired) electrons. The minimum atomic E-state index is -0.358. The van der Waals surface area contributed by atoms with Crippen molar-refractivity contribution in [1.29, 1.82) is 0 Å². The van der Waals surface area contributed by atoms with Crippen LogP contribution in [0, 0.1) is 11.7 Å². The molecule has 8 heteroatoms. The number of hydrogen-bond acceptors (Lipinski definition) is 5. The Balaban J connectivity index is 1.59. The van der Waals surface area contributed by atoms with Gasteiger partial charge >= 0.3 is 0 Å². The van der Waals surface area contributed by atoms with E-state index in [1.807, 2.05) is 0 Å². The summed E-state index contributed by atoms with van der Waals surface area (Å²) < 4.78 is 14.8. The van der Waals surface area contributed by atoms with Gasteiger partial charge in [0.2, 0.25) is 11.1 Å². The van der Waals surface area contributed by atoms with E-state index in [1.165, 1.54) is 41.4 Å². The van der Waals surface area contributed by atoms with Crippen molar-refractivity contribution in [2.24, 2.45) is 5.92 Å². The molecule has 128 valence electrons. The molecule has 0 aliphatic heterocycles. The summed E-state index contributed by atoms with van der Waals surface area (Å²) in [5.74, 6) is 0.375. The largest absolute Gasteiger partial charge is 0.352 e. The zero-order valence-electron chi connectivity index (χ0n) is 13.5. The van der Waals surface area contributed by atoms with E-state index in [0.717, 1.165) is 12.8 Å². The summed E-state index contributed by atoms with van der Waals surface area (Å²) in [4.78, 5) is 12.2. The standard InChI is InChI=1S/C16H20FN5OS/c1-11-5-2-3-8-14(11)18-15(23)10-24-16-19-20-21-22(16)13-7-4-6-12(17)9-13/h4,6-7,9,11,14H,2-3,5,8,10H2,1H3,(H,18,23)/t11-,14-/m0/s1. The number of nitrogens with one attached hydrogen (secondary N) is 1. The number of rotatable bonds is 5. The average Bonchev–Trinajstić information content (AvgIpc) is 3.04. The van der Waals surface area contributed by atoms with Crippen LogP contribution in [0.3, 0.4) is 0 Å². The molecule has 2 aromatic rings. The summed E-state index contributed by atoms with van der Waals surface area (Å²) in [6.07, 6.45) is 4.61. The quantitative estimate of drug-likeness (QED) is 0.840. The lowest BCUT2D eigenvalue weighted by atomic mass is 9.86. The van der Waals surface area contributed by atoms with Crippen molar-refractivity contribution in [3.63, 3.8) is 0 Å². The number of nitrogens with zero attached hydrogens (tertiary/aromatic N) is 4. The Kier molecular flexibility index (Phi) is 5.44. The number of thioether (sulfide) groups is 1. The van der Waals surface area contributed by atoms with Gasteiger partial charge in [0.05, 0.1) is 11.4 Å². The molecule has 0 saturated heterocycles. The first-order valence-corrected chi connectivity index (χ1v) is 9.08. The third-order valence-electron chi connectivity index (χ3n) is 4.28. The lowest BCUT2D eigenvalue weighted by Crippen LogP contribution is -2.41. The highest BCUT2D eigenvalue weighted by Crippen LogP contribution is 2.24. The lowest BCUT2D eigenvalue weighted by molar-refractivity contribution is -0.119. The summed E-state index contributed by atoms with van der Waals surface area (Å²) in [5, 5.41) is 15.0. The Labute approximate surface area is 144 Å². The van der Waals surface area contributed by atoms with Crippen molar-refractivity contribution in [2.45, 2.75) is 43.8 Å². The highest BCUT2D eigenvalue weighted by molar-refractivity contribution is 7.99. The van der Waals surface area contributed by atoms with Gasteiger partial charge < -0.3 is 5.32 Å². The van der Waals surface area contributed by atoms with Gasteiger partial charge in [0.15, 0.2) is 0 Å². The van der Waals surface area contributed by atoms with E-state index in [9.17, 15) is 9.18 Å². The van der Waals surface area contributed by atoms with Crippen LogP contribution in [-0.4, -0.2) is 37.9 Å². The maximum Gasteiger partial charge on any atom is 0.230 e. The number of aromatic nitrogens is 4. The summed E-state index contributed by atoms with van der Waals surface area (Å²) >= 11 is 1.24. The van der Waals surface area contributed by atoms with Crippen LogP contribution in [0.2, 0.25) is 0 Å². The highest BCUT2D eigenvalue weighted by Gasteiger charge is 2.23. The second kappa shape index (κ2) is 7.74. The van der Waals surface area contributed by atoms with Crippen molar-refractivity contribution < 1.29 is 9.18 Å². The predicted molar refractivity (Wildman–Crippen MR) is 89.4 cm³/mol. The molecule has 1 amide bonds. The average molecular weight is 349 g/mol. The van der Waals surface area contributed by atoms with Crippen LogP contribution >= 0.6 is 11.8 Å². The van der Waals surface area contributed by atoms with Crippen molar-refractivity contribution in [3.8, 4) is 5.69 Å². The number of hydrogen-bond donors (Lipinski definition) is 1. The first-order valence-electron chi connectivity index (χ1n) is 8.10. The van der Waals surface area contributed by atoms with Crippen LogP contribution in [0.25, 0.3) is 5.69 Å². The molecule has 1 N–H and O–H groups in total. The van der Waals surface area contributed by atoms with Gasteiger partial charge in [-0.1, -0.05) is 37.6 Å². The van der Waals surface area contributed by atoms with Crippen LogP contribution < -0.4 is 5.32 Å². The van der Waals surface area contributed by atoms with Gasteiger partial charge in [-0.25, -0.2) is 4.39 Å². The molecule has 2 atom stereocenters. The second-order valence-electron chi connectivity index (χ2n) is 6.08. The van der Waals surface area contributed by atoms with Crippen molar-refractivity contribution in [1.82, 2.24) is 25.5 Å². The Morgan fingerprint density at radius 1 is 1.42 bits per heavy atom. The van der Waals surface area contributed by atoms with Crippen LogP contribution in [0.15, 0.2) is 29.4 Å². The van der Waals surface area contributed by atoms with Crippen molar-refractivity contribution in [2.75, 3.05) is 5.75 Å². The van der Waals surface area contributed by atoms with Crippen molar-refractivity contribution in [3.05, 3.63) is 30.1 Å².